The summed E-state index contributed by atoms with van der Waals surface area (Å²) in [6.45, 7) is 0. The van der Waals surface area contributed by atoms with Gasteiger partial charge in [0.2, 0.25) is 0 Å². The lowest BCUT2D eigenvalue weighted by atomic mass is 10.2. The van der Waals surface area contributed by atoms with Gasteiger partial charge in [0.05, 0.1) is 12.0 Å². The Balaban J connectivity index is 1.73. The van der Waals surface area contributed by atoms with Crippen LogP contribution >= 0.6 is 0 Å². The summed E-state index contributed by atoms with van der Waals surface area (Å²) in [5.74, 6) is 0.379. The molecule has 2 aromatic heterocycles. The molecule has 0 aliphatic carbocycles. The molecule has 4 rings (SSSR count). The number of aromatic nitrogens is 2. The van der Waals surface area contributed by atoms with Crippen LogP contribution in [0.25, 0.3) is 17.1 Å². The van der Waals surface area contributed by atoms with E-state index in [2.05, 4.69) is 10.4 Å². The van der Waals surface area contributed by atoms with E-state index in [1.807, 2.05) is 66.7 Å². The SMILES string of the molecule is O=C(Nc1ccccc1)c1cc(-c2ccco2)n(-c2ccccc2)n1. The molecule has 2 aromatic carbocycles. The van der Waals surface area contributed by atoms with Crippen molar-refractivity contribution in [3.8, 4) is 17.1 Å². The number of carbonyl (C=O) groups excluding carboxylic acids is 1. The Bertz CT molecular complexity index is 974. The minimum absolute atomic E-state index is 0.270. The molecule has 0 aliphatic heterocycles. The van der Waals surface area contributed by atoms with Gasteiger partial charge in [-0.25, -0.2) is 4.68 Å². The van der Waals surface area contributed by atoms with Gasteiger partial charge in [-0.1, -0.05) is 36.4 Å². The van der Waals surface area contributed by atoms with Gasteiger partial charge in [-0.3, -0.25) is 4.79 Å². The van der Waals surface area contributed by atoms with E-state index in [1.54, 1.807) is 23.1 Å². The Kier molecular flexibility index (Phi) is 3.88. The van der Waals surface area contributed by atoms with Gasteiger partial charge in [0.25, 0.3) is 5.91 Å². The molecule has 0 aliphatic rings. The minimum Gasteiger partial charge on any atom is -0.463 e. The summed E-state index contributed by atoms with van der Waals surface area (Å²) in [6.07, 6.45) is 1.60. The van der Waals surface area contributed by atoms with Gasteiger partial charge in [0, 0.05) is 11.8 Å². The molecule has 0 unspecified atom stereocenters. The maximum absolute atomic E-state index is 12.6. The zero-order chi connectivity index (χ0) is 17.1. The lowest BCUT2D eigenvalue weighted by molar-refractivity contribution is 0.102. The van der Waals surface area contributed by atoms with E-state index in [0.29, 0.717) is 11.5 Å². The van der Waals surface area contributed by atoms with Crippen molar-refractivity contribution in [3.05, 3.63) is 90.8 Å². The third-order valence-electron chi connectivity index (χ3n) is 3.75. The first-order chi connectivity index (χ1) is 12.3. The van der Waals surface area contributed by atoms with Crippen LogP contribution in [0, 0.1) is 0 Å². The van der Waals surface area contributed by atoms with Crippen molar-refractivity contribution in [2.24, 2.45) is 0 Å². The summed E-state index contributed by atoms with van der Waals surface area (Å²) in [5, 5.41) is 7.33. The molecule has 0 atom stereocenters. The fraction of sp³-hybridized carbons (Fsp3) is 0. The molecule has 2 heterocycles. The first-order valence-corrected chi connectivity index (χ1v) is 7.87. The third-order valence-corrected chi connectivity index (χ3v) is 3.75. The molecule has 5 nitrogen and oxygen atoms in total. The largest absolute Gasteiger partial charge is 0.463 e. The zero-order valence-electron chi connectivity index (χ0n) is 13.3. The monoisotopic (exact) mass is 329 g/mol. The second-order valence-electron chi connectivity index (χ2n) is 5.46. The summed E-state index contributed by atoms with van der Waals surface area (Å²) in [4.78, 5) is 12.6. The van der Waals surface area contributed by atoms with E-state index in [4.69, 9.17) is 4.42 Å². The van der Waals surface area contributed by atoms with Gasteiger partial charge >= 0.3 is 0 Å². The van der Waals surface area contributed by atoms with Crippen molar-refractivity contribution >= 4 is 11.6 Å². The summed E-state index contributed by atoms with van der Waals surface area (Å²) in [6, 6.07) is 24.3. The van der Waals surface area contributed by atoms with E-state index in [1.165, 1.54) is 0 Å². The van der Waals surface area contributed by atoms with E-state index < -0.39 is 0 Å². The summed E-state index contributed by atoms with van der Waals surface area (Å²) in [5.41, 5.74) is 2.61. The van der Waals surface area contributed by atoms with Crippen LogP contribution in [0.2, 0.25) is 0 Å². The van der Waals surface area contributed by atoms with Crippen LogP contribution in [0.15, 0.2) is 89.5 Å². The number of amides is 1. The lowest BCUT2D eigenvalue weighted by Gasteiger charge is -2.05. The summed E-state index contributed by atoms with van der Waals surface area (Å²) in [7, 11) is 0. The number of furan rings is 1. The quantitative estimate of drug-likeness (QED) is 0.604. The lowest BCUT2D eigenvalue weighted by Crippen LogP contribution is -2.13. The molecule has 0 saturated heterocycles. The number of nitrogens with one attached hydrogen (secondary N) is 1. The van der Waals surface area contributed by atoms with Crippen molar-refractivity contribution in [2.75, 3.05) is 5.32 Å². The molecule has 0 saturated carbocycles. The van der Waals surface area contributed by atoms with Gasteiger partial charge in [-0.05, 0) is 36.4 Å². The minimum atomic E-state index is -0.270. The third kappa shape index (κ3) is 3.07. The number of carbonyl (C=O) groups is 1. The number of nitrogens with zero attached hydrogens (tertiary/aromatic N) is 2. The molecule has 1 amide bonds. The fourth-order valence-corrected chi connectivity index (χ4v) is 2.57. The van der Waals surface area contributed by atoms with E-state index >= 15 is 0 Å². The highest BCUT2D eigenvalue weighted by atomic mass is 16.3. The zero-order valence-corrected chi connectivity index (χ0v) is 13.3. The van der Waals surface area contributed by atoms with Crippen LogP contribution in [-0.2, 0) is 0 Å². The Labute approximate surface area is 144 Å². The van der Waals surface area contributed by atoms with E-state index in [0.717, 1.165) is 17.1 Å². The second kappa shape index (κ2) is 6.49. The second-order valence-corrected chi connectivity index (χ2v) is 5.46. The molecule has 122 valence electrons. The molecule has 0 spiro atoms. The number of hydrogen-bond donors (Lipinski definition) is 1. The highest BCUT2D eigenvalue weighted by Crippen LogP contribution is 2.25. The first-order valence-electron chi connectivity index (χ1n) is 7.87. The highest BCUT2D eigenvalue weighted by Gasteiger charge is 2.18. The number of para-hydroxylation sites is 2. The maximum atomic E-state index is 12.6. The van der Waals surface area contributed by atoms with Crippen molar-refractivity contribution in [1.82, 2.24) is 9.78 Å². The van der Waals surface area contributed by atoms with Gasteiger partial charge in [-0.2, -0.15) is 5.10 Å². The molecular weight excluding hydrogens is 314 g/mol. The van der Waals surface area contributed by atoms with Crippen LogP contribution in [-0.4, -0.2) is 15.7 Å². The number of anilines is 1. The number of benzene rings is 2. The van der Waals surface area contributed by atoms with E-state index in [-0.39, 0.29) is 5.91 Å². The predicted octanol–water partition coefficient (Wildman–Crippen LogP) is 4.38. The molecule has 0 radical (unpaired) electrons. The molecule has 25 heavy (non-hydrogen) atoms. The van der Waals surface area contributed by atoms with Gasteiger partial charge < -0.3 is 9.73 Å². The van der Waals surface area contributed by atoms with Crippen molar-refractivity contribution < 1.29 is 9.21 Å². The highest BCUT2D eigenvalue weighted by molar-refractivity contribution is 6.03. The maximum Gasteiger partial charge on any atom is 0.276 e. The van der Waals surface area contributed by atoms with Crippen LogP contribution < -0.4 is 5.32 Å². The van der Waals surface area contributed by atoms with Crippen LogP contribution in [0.4, 0.5) is 5.69 Å². The number of rotatable bonds is 4. The first kappa shape index (κ1) is 15.0. The standard InChI is InChI=1S/C20H15N3O2/c24-20(21-15-8-3-1-4-9-15)17-14-18(19-12-7-13-25-19)23(22-17)16-10-5-2-6-11-16/h1-14H,(H,21,24). The average molecular weight is 329 g/mol. The topological polar surface area (TPSA) is 60.1 Å². The van der Waals surface area contributed by atoms with Gasteiger partial charge in [0.15, 0.2) is 11.5 Å². The molecule has 1 N–H and O–H groups in total. The Morgan fingerprint density at radius 2 is 1.64 bits per heavy atom. The molecule has 0 fully saturated rings. The molecule has 0 bridgehead atoms. The van der Waals surface area contributed by atoms with E-state index in [9.17, 15) is 4.79 Å². The predicted molar refractivity (Wildman–Crippen MR) is 95.7 cm³/mol. The fourth-order valence-electron chi connectivity index (χ4n) is 2.57. The average Bonchev–Trinajstić information content (AvgIpc) is 3.33. The van der Waals surface area contributed by atoms with Gasteiger partial charge in [0.1, 0.15) is 5.69 Å². The smallest absolute Gasteiger partial charge is 0.276 e. The molecule has 5 heteroatoms. The normalized spacial score (nSPS) is 10.6. The van der Waals surface area contributed by atoms with Crippen molar-refractivity contribution in [1.29, 1.82) is 0 Å². The Morgan fingerprint density at radius 1 is 0.920 bits per heavy atom. The summed E-state index contributed by atoms with van der Waals surface area (Å²) >= 11 is 0. The Morgan fingerprint density at radius 3 is 2.32 bits per heavy atom. The molecule has 4 aromatic rings. The van der Waals surface area contributed by atoms with Crippen molar-refractivity contribution in [2.45, 2.75) is 0 Å². The Hall–Kier alpha value is -3.60. The van der Waals surface area contributed by atoms with Crippen LogP contribution in [0.1, 0.15) is 10.5 Å². The van der Waals surface area contributed by atoms with Crippen molar-refractivity contribution in [3.63, 3.8) is 0 Å². The van der Waals surface area contributed by atoms with Crippen LogP contribution in [0.3, 0.4) is 0 Å². The van der Waals surface area contributed by atoms with Gasteiger partial charge in [-0.15, -0.1) is 0 Å². The van der Waals surface area contributed by atoms with Crippen LogP contribution in [0.5, 0.6) is 0 Å². The summed E-state index contributed by atoms with van der Waals surface area (Å²) < 4.78 is 7.21. The number of hydrogen-bond acceptors (Lipinski definition) is 3. The molecular formula is C20H15N3O2.